The van der Waals surface area contributed by atoms with Crippen LogP contribution in [0.2, 0.25) is 0 Å². The Balaban J connectivity index is 2.44. The maximum atomic E-state index is 10.4. The van der Waals surface area contributed by atoms with Gasteiger partial charge in [-0.05, 0) is 35.0 Å². The molecule has 0 amide bonds. The van der Waals surface area contributed by atoms with E-state index in [9.17, 15) is 4.79 Å². The zero-order chi connectivity index (χ0) is 11.5. The lowest BCUT2D eigenvalue weighted by Crippen LogP contribution is -2.18. The van der Waals surface area contributed by atoms with Gasteiger partial charge < -0.3 is 15.4 Å². The van der Waals surface area contributed by atoms with Crippen molar-refractivity contribution in [2.24, 2.45) is 0 Å². The van der Waals surface area contributed by atoms with Crippen LogP contribution in [0.25, 0.3) is 10.8 Å². The quantitative estimate of drug-likeness (QED) is 0.628. The van der Waals surface area contributed by atoms with Crippen LogP contribution in [0, 0.1) is 0 Å². The summed E-state index contributed by atoms with van der Waals surface area (Å²) in [5, 5.41) is 2.24. The van der Waals surface area contributed by atoms with Crippen molar-refractivity contribution in [1.29, 1.82) is 0 Å². The van der Waals surface area contributed by atoms with Crippen molar-refractivity contribution >= 4 is 28.4 Å². The van der Waals surface area contributed by atoms with Gasteiger partial charge in [-0.15, -0.1) is 0 Å². The highest BCUT2D eigenvalue weighted by molar-refractivity contribution is 5.88. The molecular formula is C13H14N2O. The van der Waals surface area contributed by atoms with E-state index in [-0.39, 0.29) is 0 Å². The first-order chi connectivity index (χ1) is 7.70. The molecule has 2 aromatic rings. The Hall–Kier alpha value is -2.03. The molecule has 0 aliphatic carbocycles. The molecule has 3 nitrogen and oxygen atoms in total. The third-order valence-corrected chi connectivity index (χ3v) is 2.64. The van der Waals surface area contributed by atoms with Crippen LogP contribution in [-0.4, -0.2) is 19.9 Å². The van der Waals surface area contributed by atoms with Crippen LogP contribution in [0.1, 0.15) is 0 Å². The van der Waals surface area contributed by atoms with Crippen molar-refractivity contribution in [2.75, 3.05) is 24.2 Å². The highest BCUT2D eigenvalue weighted by atomic mass is 16.1. The summed E-state index contributed by atoms with van der Waals surface area (Å²) in [6.45, 7) is 0.403. The molecule has 16 heavy (non-hydrogen) atoms. The Morgan fingerprint density at radius 2 is 1.88 bits per heavy atom. The van der Waals surface area contributed by atoms with E-state index >= 15 is 0 Å². The second kappa shape index (κ2) is 4.23. The molecule has 0 saturated carbocycles. The van der Waals surface area contributed by atoms with Gasteiger partial charge in [0.1, 0.15) is 6.29 Å². The molecule has 0 heterocycles. The third-order valence-electron chi connectivity index (χ3n) is 2.64. The lowest BCUT2D eigenvalue weighted by atomic mass is 10.1. The summed E-state index contributed by atoms with van der Waals surface area (Å²) >= 11 is 0. The maximum absolute atomic E-state index is 10.4. The monoisotopic (exact) mass is 214 g/mol. The number of benzene rings is 2. The number of hydrogen-bond donors (Lipinski definition) is 1. The first-order valence-corrected chi connectivity index (χ1v) is 5.15. The molecule has 82 valence electrons. The molecule has 0 bridgehead atoms. The number of anilines is 2. The molecule has 0 aliphatic heterocycles. The van der Waals surface area contributed by atoms with Crippen LogP contribution >= 0.6 is 0 Å². The summed E-state index contributed by atoms with van der Waals surface area (Å²) in [5.74, 6) is 0. The Labute approximate surface area is 94.5 Å². The van der Waals surface area contributed by atoms with Crippen molar-refractivity contribution in [2.45, 2.75) is 0 Å². The van der Waals surface area contributed by atoms with Crippen LogP contribution in [0.5, 0.6) is 0 Å². The van der Waals surface area contributed by atoms with Gasteiger partial charge in [-0.3, -0.25) is 0 Å². The topological polar surface area (TPSA) is 46.3 Å². The lowest BCUT2D eigenvalue weighted by Gasteiger charge is -2.16. The summed E-state index contributed by atoms with van der Waals surface area (Å²) in [4.78, 5) is 12.3. The summed E-state index contributed by atoms with van der Waals surface area (Å²) in [6, 6.07) is 11.9. The van der Waals surface area contributed by atoms with Crippen molar-refractivity contribution in [3.8, 4) is 0 Å². The molecule has 0 aliphatic rings. The number of nitrogens with two attached hydrogens (primary N) is 1. The van der Waals surface area contributed by atoms with E-state index in [2.05, 4.69) is 6.07 Å². The fourth-order valence-electron chi connectivity index (χ4n) is 1.71. The summed E-state index contributed by atoms with van der Waals surface area (Å²) in [6.07, 6.45) is 0.896. The second-order valence-corrected chi connectivity index (χ2v) is 3.84. The molecule has 0 aromatic heterocycles. The lowest BCUT2D eigenvalue weighted by molar-refractivity contribution is -0.106. The zero-order valence-corrected chi connectivity index (χ0v) is 9.18. The van der Waals surface area contributed by atoms with E-state index in [1.165, 1.54) is 0 Å². The van der Waals surface area contributed by atoms with E-state index in [1.807, 2.05) is 42.3 Å². The van der Waals surface area contributed by atoms with Crippen molar-refractivity contribution in [3.05, 3.63) is 36.4 Å². The van der Waals surface area contributed by atoms with Gasteiger partial charge in [0.15, 0.2) is 0 Å². The number of likely N-dealkylation sites (N-methyl/N-ethyl adjacent to an activating group) is 1. The van der Waals surface area contributed by atoms with Gasteiger partial charge in [0.2, 0.25) is 0 Å². The first kappa shape index (κ1) is 10.5. The number of fused-ring (bicyclic) bond motifs is 1. The van der Waals surface area contributed by atoms with Gasteiger partial charge in [0.25, 0.3) is 0 Å². The van der Waals surface area contributed by atoms with Crippen LogP contribution in [-0.2, 0) is 4.79 Å². The van der Waals surface area contributed by atoms with Crippen molar-refractivity contribution < 1.29 is 4.79 Å². The smallest absolute Gasteiger partial charge is 0.139 e. The molecule has 0 radical (unpaired) electrons. The van der Waals surface area contributed by atoms with Gasteiger partial charge in [0, 0.05) is 18.4 Å². The number of carbonyl (C=O) groups excluding carboxylic acids is 1. The third kappa shape index (κ3) is 1.98. The van der Waals surface area contributed by atoms with E-state index in [0.717, 1.165) is 28.4 Å². The standard InChI is InChI=1S/C13H14N2O/c1-15(6-7-16)13-5-3-10-8-12(14)4-2-11(10)9-13/h2-5,7-9H,6,14H2,1H3. The average molecular weight is 214 g/mol. The fraction of sp³-hybridized carbons (Fsp3) is 0.154. The summed E-state index contributed by atoms with van der Waals surface area (Å²) in [5.41, 5.74) is 7.51. The molecular weight excluding hydrogens is 200 g/mol. The minimum Gasteiger partial charge on any atom is -0.399 e. The molecule has 0 spiro atoms. The van der Waals surface area contributed by atoms with Gasteiger partial charge in [-0.25, -0.2) is 0 Å². The van der Waals surface area contributed by atoms with E-state index in [1.54, 1.807) is 0 Å². The Morgan fingerprint density at radius 1 is 1.19 bits per heavy atom. The molecule has 0 fully saturated rings. The van der Waals surface area contributed by atoms with Crippen molar-refractivity contribution in [1.82, 2.24) is 0 Å². The summed E-state index contributed by atoms with van der Waals surface area (Å²) in [7, 11) is 1.90. The maximum Gasteiger partial charge on any atom is 0.139 e. The van der Waals surface area contributed by atoms with E-state index in [0.29, 0.717) is 6.54 Å². The molecule has 3 heteroatoms. The van der Waals surface area contributed by atoms with Crippen LogP contribution in [0.15, 0.2) is 36.4 Å². The minimum atomic E-state index is 0.403. The normalized spacial score (nSPS) is 10.3. The largest absolute Gasteiger partial charge is 0.399 e. The molecule has 2 aromatic carbocycles. The predicted octanol–water partition coefficient (Wildman–Crippen LogP) is 2.06. The van der Waals surface area contributed by atoms with Crippen LogP contribution < -0.4 is 10.6 Å². The molecule has 0 atom stereocenters. The molecule has 2 N–H and O–H groups in total. The number of nitrogens with zero attached hydrogens (tertiary/aromatic N) is 1. The van der Waals surface area contributed by atoms with Crippen molar-refractivity contribution in [3.63, 3.8) is 0 Å². The molecule has 2 rings (SSSR count). The second-order valence-electron chi connectivity index (χ2n) is 3.84. The average Bonchev–Trinajstić information content (AvgIpc) is 2.28. The predicted molar refractivity (Wildman–Crippen MR) is 67.7 cm³/mol. The number of aldehydes is 1. The number of hydrogen-bond acceptors (Lipinski definition) is 3. The molecule has 0 saturated heterocycles. The van der Waals surface area contributed by atoms with Gasteiger partial charge >= 0.3 is 0 Å². The fourth-order valence-corrected chi connectivity index (χ4v) is 1.71. The number of carbonyl (C=O) groups is 1. The Morgan fingerprint density at radius 3 is 2.62 bits per heavy atom. The van der Waals surface area contributed by atoms with Gasteiger partial charge in [-0.2, -0.15) is 0 Å². The van der Waals surface area contributed by atoms with Gasteiger partial charge in [-0.1, -0.05) is 12.1 Å². The minimum absolute atomic E-state index is 0.403. The highest BCUT2D eigenvalue weighted by Crippen LogP contribution is 2.22. The number of rotatable bonds is 3. The SMILES string of the molecule is CN(CC=O)c1ccc2cc(N)ccc2c1. The zero-order valence-electron chi connectivity index (χ0n) is 9.18. The first-order valence-electron chi connectivity index (χ1n) is 5.15. The Kier molecular flexibility index (Phi) is 2.77. The van der Waals surface area contributed by atoms with Crippen LogP contribution in [0.4, 0.5) is 11.4 Å². The Bertz CT molecular complexity index is 522. The highest BCUT2D eigenvalue weighted by Gasteiger charge is 2.01. The van der Waals surface area contributed by atoms with E-state index in [4.69, 9.17) is 5.73 Å². The van der Waals surface area contributed by atoms with E-state index < -0.39 is 0 Å². The van der Waals surface area contributed by atoms with Crippen LogP contribution in [0.3, 0.4) is 0 Å². The summed E-state index contributed by atoms with van der Waals surface area (Å²) < 4.78 is 0. The van der Waals surface area contributed by atoms with Gasteiger partial charge in [0.05, 0.1) is 6.54 Å². The molecule has 0 unspecified atom stereocenters. The number of nitrogen functional groups attached to an aromatic ring is 1.